The number of rotatable bonds is 2. The van der Waals surface area contributed by atoms with Crippen molar-refractivity contribution in [2.75, 3.05) is 6.54 Å². The largest absolute Gasteiger partial charge is 0.335 e. The highest BCUT2D eigenvalue weighted by Crippen LogP contribution is 2.22. The van der Waals surface area contributed by atoms with Crippen LogP contribution in [0.4, 0.5) is 9.18 Å². The van der Waals surface area contributed by atoms with Crippen LogP contribution in [0.1, 0.15) is 43.4 Å². The van der Waals surface area contributed by atoms with Crippen molar-refractivity contribution in [2.45, 2.75) is 51.1 Å². The van der Waals surface area contributed by atoms with Crippen molar-refractivity contribution in [3.8, 4) is 11.4 Å². The van der Waals surface area contributed by atoms with Gasteiger partial charge in [-0.15, -0.1) is 0 Å². The molecule has 6 heteroatoms. The van der Waals surface area contributed by atoms with Crippen LogP contribution in [0, 0.1) is 5.82 Å². The average Bonchev–Trinajstić information content (AvgIpc) is 2.68. The summed E-state index contributed by atoms with van der Waals surface area (Å²) in [5.74, 6) is 0.329. The lowest BCUT2D eigenvalue weighted by Crippen LogP contribution is -2.47. The molecule has 1 aromatic heterocycles. The topological polar surface area (TPSA) is 58.1 Å². The van der Waals surface area contributed by atoms with Crippen LogP contribution in [0.25, 0.3) is 11.4 Å². The Morgan fingerprint density at radius 2 is 1.92 bits per heavy atom. The number of urea groups is 1. The summed E-state index contributed by atoms with van der Waals surface area (Å²) in [7, 11) is 0. The van der Waals surface area contributed by atoms with E-state index in [1.54, 1.807) is 18.3 Å². The molecule has 0 unspecified atom stereocenters. The van der Waals surface area contributed by atoms with Crippen molar-refractivity contribution < 1.29 is 9.18 Å². The number of halogens is 1. The zero-order valence-electron chi connectivity index (χ0n) is 14.7. The Labute approximate surface area is 152 Å². The fraction of sp³-hybridized carbons (Fsp3) is 0.450. The maximum atomic E-state index is 13.1. The summed E-state index contributed by atoms with van der Waals surface area (Å²) in [5.41, 5.74) is 2.76. The highest BCUT2D eigenvalue weighted by Gasteiger charge is 2.24. The summed E-state index contributed by atoms with van der Waals surface area (Å²) in [6.07, 6.45) is 8.35. The molecule has 1 fully saturated rings. The summed E-state index contributed by atoms with van der Waals surface area (Å²) < 4.78 is 13.1. The highest BCUT2D eigenvalue weighted by molar-refractivity contribution is 5.75. The monoisotopic (exact) mass is 354 g/mol. The van der Waals surface area contributed by atoms with E-state index >= 15 is 0 Å². The minimum atomic E-state index is -0.272. The minimum Gasteiger partial charge on any atom is -0.335 e. The molecule has 1 aliphatic heterocycles. The van der Waals surface area contributed by atoms with Crippen LogP contribution in [-0.4, -0.2) is 33.5 Å². The predicted molar refractivity (Wildman–Crippen MR) is 96.9 cm³/mol. The number of amides is 2. The molecular weight excluding hydrogens is 331 g/mol. The summed E-state index contributed by atoms with van der Waals surface area (Å²) in [5, 5.41) is 3.17. The molecule has 2 aromatic rings. The second kappa shape index (κ2) is 7.40. The molecule has 136 valence electrons. The molecule has 0 atom stereocenters. The fourth-order valence-corrected chi connectivity index (χ4v) is 3.74. The average molecular weight is 354 g/mol. The Morgan fingerprint density at radius 1 is 1.15 bits per heavy atom. The van der Waals surface area contributed by atoms with Gasteiger partial charge in [-0.2, -0.15) is 0 Å². The van der Waals surface area contributed by atoms with E-state index in [1.165, 1.54) is 31.4 Å². The number of carbonyl (C=O) groups is 1. The Kier molecular flexibility index (Phi) is 4.82. The standard InChI is InChI=1S/C20H23FN4O/c21-16-8-6-14(7-9-16)19-22-12-15-13-25(11-10-18(15)24-19)20(26)23-17-4-2-1-3-5-17/h6-9,12,17H,1-5,10-11,13H2,(H,23,26). The third-order valence-corrected chi connectivity index (χ3v) is 5.26. The van der Waals surface area contributed by atoms with E-state index in [2.05, 4.69) is 15.3 Å². The molecule has 0 spiro atoms. The molecular formula is C20H23FN4O. The van der Waals surface area contributed by atoms with Gasteiger partial charge < -0.3 is 10.2 Å². The van der Waals surface area contributed by atoms with E-state index in [1.807, 2.05) is 4.90 Å². The van der Waals surface area contributed by atoms with Gasteiger partial charge in [0.05, 0.1) is 12.2 Å². The normalized spacial score (nSPS) is 17.7. The molecule has 0 bridgehead atoms. The SMILES string of the molecule is O=C(NC1CCCCC1)N1CCc2nc(-c3ccc(F)cc3)ncc2C1. The lowest BCUT2D eigenvalue weighted by atomic mass is 9.96. The number of carbonyl (C=O) groups excluding carboxylic acids is 1. The first kappa shape index (κ1) is 16.9. The summed E-state index contributed by atoms with van der Waals surface area (Å²) >= 11 is 0. The van der Waals surface area contributed by atoms with Crippen LogP contribution in [0.3, 0.4) is 0 Å². The summed E-state index contributed by atoms with van der Waals surface area (Å²) in [6.45, 7) is 1.20. The van der Waals surface area contributed by atoms with Gasteiger partial charge in [-0.25, -0.2) is 19.2 Å². The van der Waals surface area contributed by atoms with Crippen LogP contribution in [0.15, 0.2) is 30.5 Å². The van der Waals surface area contributed by atoms with Gasteiger partial charge in [-0.05, 0) is 37.1 Å². The van der Waals surface area contributed by atoms with Gasteiger partial charge in [0.25, 0.3) is 0 Å². The van der Waals surface area contributed by atoms with Crippen molar-refractivity contribution in [1.82, 2.24) is 20.2 Å². The number of benzene rings is 1. The second-order valence-electron chi connectivity index (χ2n) is 7.13. The molecule has 5 nitrogen and oxygen atoms in total. The zero-order valence-corrected chi connectivity index (χ0v) is 14.7. The molecule has 26 heavy (non-hydrogen) atoms. The van der Waals surface area contributed by atoms with Crippen molar-refractivity contribution >= 4 is 6.03 Å². The van der Waals surface area contributed by atoms with E-state index in [0.717, 1.165) is 29.7 Å². The van der Waals surface area contributed by atoms with E-state index in [9.17, 15) is 9.18 Å². The van der Waals surface area contributed by atoms with E-state index in [0.29, 0.717) is 31.4 Å². The Bertz CT molecular complexity index is 787. The zero-order chi connectivity index (χ0) is 17.9. The van der Waals surface area contributed by atoms with Gasteiger partial charge >= 0.3 is 6.03 Å². The number of hydrogen-bond acceptors (Lipinski definition) is 3. The number of nitrogens with one attached hydrogen (secondary N) is 1. The first-order valence-corrected chi connectivity index (χ1v) is 9.35. The molecule has 1 aromatic carbocycles. The van der Waals surface area contributed by atoms with Crippen molar-refractivity contribution in [3.63, 3.8) is 0 Å². The first-order chi connectivity index (χ1) is 12.7. The van der Waals surface area contributed by atoms with Crippen LogP contribution in [0.2, 0.25) is 0 Å². The van der Waals surface area contributed by atoms with Gasteiger partial charge in [0.2, 0.25) is 0 Å². The van der Waals surface area contributed by atoms with E-state index in [-0.39, 0.29) is 11.8 Å². The lowest BCUT2D eigenvalue weighted by molar-refractivity contribution is 0.184. The quantitative estimate of drug-likeness (QED) is 0.895. The van der Waals surface area contributed by atoms with E-state index in [4.69, 9.17) is 0 Å². The van der Waals surface area contributed by atoms with Crippen LogP contribution >= 0.6 is 0 Å². The van der Waals surface area contributed by atoms with Crippen molar-refractivity contribution in [1.29, 1.82) is 0 Å². The molecule has 0 saturated heterocycles. The minimum absolute atomic E-state index is 0.0187. The molecule has 1 aliphatic carbocycles. The van der Waals surface area contributed by atoms with Crippen molar-refractivity contribution in [3.05, 3.63) is 47.5 Å². The molecule has 4 rings (SSSR count). The number of nitrogens with zero attached hydrogens (tertiary/aromatic N) is 3. The first-order valence-electron chi connectivity index (χ1n) is 9.35. The molecule has 2 amide bonds. The Hall–Kier alpha value is -2.50. The molecule has 2 heterocycles. The number of fused-ring (bicyclic) bond motifs is 1. The predicted octanol–water partition coefficient (Wildman–Crippen LogP) is 3.68. The van der Waals surface area contributed by atoms with Gasteiger partial charge in [-0.3, -0.25) is 0 Å². The molecule has 2 aliphatic rings. The van der Waals surface area contributed by atoms with Crippen molar-refractivity contribution in [2.24, 2.45) is 0 Å². The maximum Gasteiger partial charge on any atom is 0.317 e. The smallest absolute Gasteiger partial charge is 0.317 e. The Balaban J connectivity index is 1.44. The summed E-state index contributed by atoms with van der Waals surface area (Å²) in [6, 6.07) is 6.53. The molecule has 1 N–H and O–H groups in total. The summed E-state index contributed by atoms with van der Waals surface area (Å²) in [4.78, 5) is 23.4. The number of hydrogen-bond donors (Lipinski definition) is 1. The van der Waals surface area contributed by atoms with Crippen LogP contribution in [0.5, 0.6) is 0 Å². The third kappa shape index (κ3) is 3.69. The molecule has 1 saturated carbocycles. The lowest BCUT2D eigenvalue weighted by Gasteiger charge is -2.31. The third-order valence-electron chi connectivity index (χ3n) is 5.26. The van der Waals surface area contributed by atoms with Crippen LogP contribution < -0.4 is 5.32 Å². The molecule has 0 radical (unpaired) electrons. The van der Waals surface area contributed by atoms with Gasteiger partial charge in [0.1, 0.15) is 5.82 Å². The van der Waals surface area contributed by atoms with Crippen LogP contribution in [-0.2, 0) is 13.0 Å². The van der Waals surface area contributed by atoms with E-state index < -0.39 is 0 Å². The van der Waals surface area contributed by atoms with Gasteiger partial charge in [-0.1, -0.05) is 19.3 Å². The maximum absolute atomic E-state index is 13.1. The number of aromatic nitrogens is 2. The van der Waals surface area contributed by atoms with Gasteiger partial charge in [0, 0.05) is 36.3 Å². The fourth-order valence-electron chi connectivity index (χ4n) is 3.74. The second-order valence-corrected chi connectivity index (χ2v) is 7.13. The van der Waals surface area contributed by atoms with Gasteiger partial charge in [0.15, 0.2) is 5.82 Å². The Morgan fingerprint density at radius 3 is 2.69 bits per heavy atom. The highest BCUT2D eigenvalue weighted by atomic mass is 19.1.